The number of hydrogen-bond acceptors (Lipinski definition) is 3. The summed E-state index contributed by atoms with van der Waals surface area (Å²) in [6, 6.07) is 0. The van der Waals surface area contributed by atoms with Crippen molar-refractivity contribution in [2.24, 2.45) is 7.05 Å². The molecule has 11 heavy (non-hydrogen) atoms. The van der Waals surface area contributed by atoms with Gasteiger partial charge in [-0.15, -0.1) is 0 Å². The Bertz CT molecular complexity index is 390. The number of aryl methyl sites for hydroxylation is 2. The van der Waals surface area contributed by atoms with E-state index >= 15 is 0 Å². The maximum absolute atomic E-state index is 4.12. The average molecular weight is 147 g/mol. The molecule has 0 aromatic carbocycles. The first-order valence-corrected chi connectivity index (χ1v) is 3.31. The summed E-state index contributed by atoms with van der Waals surface area (Å²) in [6.45, 7) is 1.82. The predicted octanol–water partition coefficient (Wildman–Crippen LogP) is 0.472. The third-order valence-corrected chi connectivity index (χ3v) is 1.51. The Labute approximate surface area is 63.9 Å². The second kappa shape index (κ2) is 2.02. The summed E-state index contributed by atoms with van der Waals surface area (Å²) in [5, 5.41) is 0. The van der Waals surface area contributed by atoms with E-state index in [0.29, 0.717) is 11.5 Å². The summed E-state index contributed by atoms with van der Waals surface area (Å²) in [7, 11) is 1.89. The first-order valence-electron chi connectivity index (χ1n) is 3.31. The highest BCUT2D eigenvalue weighted by molar-refractivity contribution is 5.68. The minimum absolute atomic E-state index is 0.705. The van der Waals surface area contributed by atoms with Gasteiger partial charge in [-0.3, -0.25) is 0 Å². The fourth-order valence-electron chi connectivity index (χ4n) is 0.941. The van der Waals surface area contributed by atoms with Gasteiger partial charge < -0.3 is 4.57 Å². The third-order valence-electron chi connectivity index (χ3n) is 1.51. The van der Waals surface area contributed by atoms with Gasteiger partial charge in [0.15, 0.2) is 5.65 Å². The quantitative estimate of drug-likeness (QED) is 0.544. The molecule has 0 fully saturated rings. The lowest BCUT2D eigenvalue weighted by Gasteiger charge is -1.91. The molecule has 0 aliphatic carbocycles. The van der Waals surface area contributed by atoms with Crippen molar-refractivity contribution < 1.29 is 0 Å². The SMILES string of the molecule is Cc1n[c]c2c(ncn2C)n1. The average Bonchev–Trinajstić information content (AvgIpc) is 2.32. The van der Waals surface area contributed by atoms with Crippen LogP contribution < -0.4 is 0 Å². The van der Waals surface area contributed by atoms with Crippen molar-refractivity contribution in [2.45, 2.75) is 6.92 Å². The van der Waals surface area contributed by atoms with E-state index in [2.05, 4.69) is 21.1 Å². The maximum Gasteiger partial charge on any atom is 0.181 e. The number of hydrogen-bond donors (Lipinski definition) is 0. The second-order valence-electron chi connectivity index (χ2n) is 2.41. The zero-order chi connectivity index (χ0) is 7.84. The Morgan fingerprint density at radius 3 is 3.18 bits per heavy atom. The third kappa shape index (κ3) is 0.869. The van der Waals surface area contributed by atoms with Crippen molar-refractivity contribution in [1.29, 1.82) is 0 Å². The summed E-state index contributed by atoms with van der Waals surface area (Å²) >= 11 is 0. The van der Waals surface area contributed by atoms with Crippen LogP contribution in [0.4, 0.5) is 0 Å². The van der Waals surface area contributed by atoms with Crippen LogP contribution in [0.25, 0.3) is 11.2 Å². The van der Waals surface area contributed by atoms with E-state index in [4.69, 9.17) is 0 Å². The molecule has 0 unspecified atom stereocenters. The summed E-state index contributed by atoms with van der Waals surface area (Å²) in [5.74, 6) is 0.705. The van der Waals surface area contributed by atoms with Gasteiger partial charge in [-0.1, -0.05) is 0 Å². The van der Waals surface area contributed by atoms with E-state index < -0.39 is 0 Å². The fourth-order valence-corrected chi connectivity index (χ4v) is 0.941. The lowest BCUT2D eigenvalue weighted by molar-refractivity contribution is 0.941. The Balaban J connectivity index is 2.86. The Morgan fingerprint density at radius 1 is 1.55 bits per heavy atom. The van der Waals surface area contributed by atoms with Gasteiger partial charge in [-0.25, -0.2) is 15.0 Å². The molecule has 2 rings (SSSR count). The molecule has 0 saturated carbocycles. The van der Waals surface area contributed by atoms with Crippen molar-refractivity contribution in [1.82, 2.24) is 19.5 Å². The molecule has 0 N–H and O–H groups in total. The molecule has 2 aromatic rings. The highest BCUT2D eigenvalue weighted by Gasteiger charge is 2.00. The molecule has 0 saturated heterocycles. The zero-order valence-corrected chi connectivity index (χ0v) is 6.37. The summed E-state index contributed by atoms with van der Waals surface area (Å²) in [6.07, 6.45) is 4.56. The molecule has 4 nitrogen and oxygen atoms in total. The minimum atomic E-state index is 0.705. The van der Waals surface area contributed by atoms with E-state index in [-0.39, 0.29) is 0 Å². The molecule has 0 atom stereocenters. The highest BCUT2D eigenvalue weighted by Crippen LogP contribution is 2.05. The van der Waals surface area contributed by atoms with Crippen molar-refractivity contribution in [3.8, 4) is 0 Å². The largest absolute Gasteiger partial charge is 0.331 e. The normalized spacial score (nSPS) is 10.7. The smallest absolute Gasteiger partial charge is 0.181 e. The first-order chi connectivity index (χ1) is 5.27. The second-order valence-corrected chi connectivity index (χ2v) is 2.41. The van der Waals surface area contributed by atoms with Crippen LogP contribution in [0.2, 0.25) is 0 Å². The zero-order valence-electron chi connectivity index (χ0n) is 6.37. The van der Waals surface area contributed by atoms with Crippen LogP contribution in [0.15, 0.2) is 6.33 Å². The molecular weight excluding hydrogens is 140 g/mol. The van der Waals surface area contributed by atoms with Crippen molar-refractivity contribution in [2.75, 3.05) is 0 Å². The fraction of sp³-hybridized carbons (Fsp3) is 0.286. The highest BCUT2D eigenvalue weighted by atomic mass is 15.1. The van der Waals surface area contributed by atoms with Gasteiger partial charge in [-0.2, -0.15) is 0 Å². The molecule has 0 aliphatic rings. The van der Waals surface area contributed by atoms with Crippen molar-refractivity contribution in [3.05, 3.63) is 18.3 Å². The van der Waals surface area contributed by atoms with Crippen LogP contribution in [0.3, 0.4) is 0 Å². The van der Waals surface area contributed by atoms with Gasteiger partial charge in [-0.05, 0) is 6.92 Å². The standard InChI is InChI=1S/C7H7N4/c1-5-8-3-6-7(10-5)9-4-11(6)2/h4H,1-2H3. The monoisotopic (exact) mass is 147 g/mol. The van der Waals surface area contributed by atoms with Crippen molar-refractivity contribution >= 4 is 11.2 Å². The van der Waals surface area contributed by atoms with E-state index in [9.17, 15) is 0 Å². The number of rotatable bonds is 0. The van der Waals surface area contributed by atoms with E-state index in [1.807, 2.05) is 18.5 Å². The molecule has 0 spiro atoms. The molecule has 4 heteroatoms. The Hall–Kier alpha value is -1.45. The van der Waals surface area contributed by atoms with Crippen LogP contribution >= 0.6 is 0 Å². The molecule has 55 valence electrons. The van der Waals surface area contributed by atoms with Crippen LogP contribution in [-0.4, -0.2) is 19.5 Å². The Morgan fingerprint density at radius 2 is 2.36 bits per heavy atom. The molecule has 0 amide bonds. The van der Waals surface area contributed by atoms with E-state index in [1.165, 1.54) is 0 Å². The van der Waals surface area contributed by atoms with Crippen LogP contribution in [0, 0.1) is 13.1 Å². The molecule has 0 aliphatic heterocycles. The summed E-state index contributed by atoms with van der Waals surface area (Å²) in [4.78, 5) is 12.1. The maximum atomic E-state index is 4.12. The first kappa shape index (κ1) is 6.27. The molecule has 0 bridgehead atoms. The van der Waals surface area contributed by atoms with Gasteiger partial charge in [0.1, 0.15) is 17.5 Å². The van der Waals surface area contributed by atoms with Crippen LogP contribution in [0.1, 0.15) is 5.82 Å². The summed E-state index contributed by atoms with van der Waals surface area (Å²) < 4.78 is 1.84. The van der Waals surface area contributed by atoms with Gasteiger partial charge in [0.05, 0.1) is 6.33 Å². The summed E-state index contributed by atoms with van der Waals surface area (Å²) in [5.41, 5.74) is 1.55. The van der Waals surface area contributed by atoms with Crippen LogP contribution in [0.5, 0.6) is 0 Å². The van der Waals surface area contributed by atoms with E-state index in [1.54, 1.807) is 6.33 Å². The van der Waals surface area contributed by atoms with Gasteiger partial charge in [0.2, 0.25) is 0 Å². The van der Waals surface area contributed by atoms with Crippen molar-refractivity contribution in [3.63, 3.8) is 0 Å². The molecule has 1 radical (unpaired) electrons. The number of imidazole rings is 1. The van der Waals surface area contributed by atoms with Gasteiger partial charge >= 0.3 is 0 Å². The van der Waals surface area contributed by atoms with Gasteiger partial charge in [0.25, 0.3) is 0 Å². The van der Waals surface area contributed by atoms with Crippen LogP contribution in [-0.2, 0) is 7.05 Å². The number of nitrogens with zero attached hydrogens (tertiary/aromatic N) is 4. The minimum Gasteiger partial charge on any atom is -0.331 e. The molecule has 2 aromatic heterocycles. The van der Waals surface area contributed by atoms with E-state index in [0.717, 1.165) is 5.52 Å². The number of aromatic nitrogens is 4. The Kier molecular flexibility index (Phi) is 1.15. The molecular formula is C7H7N4. The lowest BCUT2D eigenvalue weighted by Crippen LogP contribution is -1.90. The number of fused-ring (bicyclic) bond motifs is 1. The predicted molar refractivity (Wildman–Crippen MR) is 39.9 cm³/mol. The lowest BCUT2D eigenvalue weighted by atomic mass is 10.5. The topological polar surface area (TPSA) is 43.6 Å². The molecule has 2 heterocycles. The van der Waals surface area contributed by atoms with Gasteiger partial charge in [0, 0.05) is 7.05 Å².